The largest absolute Gasteiger partial charge is 0.299 e. The molecule has 0 aromatic carbocycles. The number of nitrogens with zero attached hydrogens (tertiary/aromatic N) is 2. The Labute approximate surface area is 104 Å². The molecule has 0 aliphatic carbocycles. The molecule has 0 amide bonds. The van der Waals surface area contributed by atoms with Crippen molar-refractivity contribution in [3.63, 3.8) is 0 Å². The molecule has 0 fully saturated rings. The molecule has 0 saturated carbocycles. The fourth-order valence-corrected chi connectivity index (χ4v) is 1.47. The van der Waals surface area contributed by atoms with Gasteiger partial charge in [0.05, 0.1) is 5.69 Å². The highest BCUT2D eigenvalue weighted by Gasteiger charge is 2.24. The summed E-state index contributed by atoms with van der Waals surface area (Å²) in [6.45, 7) is 12.3. The summed E-state index contributed by atoms with van der Waals surface area (Å²) in [5.74, 6) is 0.251. The quantitative estimate of drug-likeness (QED) is 0.791. The van der Waals surface area contributed by atoms with Gasteiger partial charge in [0.15, 0.2) is 0 Å². The predicted octanol–water partition coefficient (Wildman–Crippen LogP) is 2.88. The van der Waals surface area contributed by atoms with E-state index in [1.165, 1.54) is 0 Å². The molecule has 1 aromatic heterocycles. The topological polar surface area (TPSA) is 34.9 Å². The van der Waals surface area contributed by atoms with Crippen LogP contribution in [-0.4, -0.2) is 15.6 Å². The first-order valence-electron chi connectivity index (χ1n) is 6.08. The molecular formula is C14H24N2O. The van der Waals surface area contributed by atoms with Crippen LogP contribution in [0.5, 0.6) is 0 Å². The van der Waals surface area contributed by atoms with E-state index in [2.05, 4.69) is 25.9 Å². The molecule has 0 bridgehead atoms. The van der Waals surface area contributed by atoms with Crippen molar-refractivity contribution in [2.24, 2.45) is 12.5 Å². The van der Waals surface area contributed by atoms with E-state index in [-0.39, 0.29) is 16.6 Å². The van der Waals surface area contributed by atoms with Crippen LogP contribution in [0.15, 0.2) is 6.07 Å². The second-order valence-electron chi connectivity index (χ2n) is 6.74. The number of carbonyl (C=O) groups excluding carboxylic acids is 1. The maximum atomic E-state index is 12.0. The lowest BCUT2D eigenvalue weighted by atomic mass is 9.87. The van der Waals surface area contributed by atoms with Crippen molar-refractivity contribution >= 4 is 5.78 Å². The highest BCUT2D eigenvalue weighted by molar-refractivity contribution is 5.85. The van der Waals surface area contributed by atoms with Crippen LogP contribution in [0.4, 0.5) is 0 Å². The second-order valence-corrected chi connectivity index (χ2v) is 6.74. The van der Waals surface area contributed by atoms with Crippen LogP contribution in [0.2, 0.25) is 0 Å². The molecule has 0 N–H and O–H groups in total. The highest BCUT2D eigenvalue weighted by atomic mass is 16.1. The number of hydrogen-bond acceptors (Lipinski definition) is 2. The summed E-state index contributed by atoms with van der Waals surface area (Å²) in [6.07, 6.45) is 0.461. The van der Waals surface area contributed by atoms with Crippen molar-refractivity contribution in [2.45, 2.75) is 53.4 Å². The van der Waals surface area contributed by atoms with Crippen LogP contribution in [0.1, 0.15) is 52.9 Å². The first-order chi connectivity index (χ1) is 7.51. The van der Waals surface area contributed by atoms with Crippen LogP contribution in [-0.2, 0) is 23.7 Å². The number of ketones is 1. The maximum Gasteiger partial charge on any atom is 0.144 e. The lowest BCUT2D eigenvalue weighted by Crippen LogP contribution is -2.23. The van der Waals surface area contributed by atoms with Gasteiger partial charge >= 0.3 is 0 Å². The molecule has 1 rings (SSSR count). The van der Waals surface area contributed by atoms with E-state index < -0.39 is 0 Å². The zero-order chi connectivity index (χ0) is 13.4. The van der Waals surface area contributed by atoms with Gasteiger partial charge in [-0.15, -0.1) is 0 Å². The molecule has 0 aliphatic rings. The van der Waals surface area contributed by atoms with Crippen LogP contribution in [0.25, 0.3) is 0 Å². The average molecular weight is 236 g/mol. The Morgan fingerprint density at radius 3 is 2.12 bits per heavy atom. The number of aromatic nitrogens is 2. The van der Waals surface area contributed by atoms with E-state index in [0.717, 1.165) is 11.4 Å². The first kappa shape index (κ1) is 13.9. The minimum Gasteiger partial charge on any atom is -0.299 e. The molecule has 3 heteroatoms. The maximum absolute atomic E-state index is 12.0. The third-order valence-electron chi connectivity index (χ3n) is 2.92. The number of Topliss-reactive ketones (excluding diaryl/α,β-unsaturated/α-hetero) is 1. The molecule has 0 saturated heterocycles. The fraction of sp³-hybridized carbons (Fsp3) is 0.714. The van der Waals surface area contributed by atoms with E-state index in [1.54, 1.807) is 0 Å². The molecule has 0 atom stereocenters. The van der Waals surface area contributed by atoms with Gasteiger partial charge in [0.25, 0.3) is 0 Å². The summed E-state index contributed by atoms with van der Waals surface area (Å²) in [5, 5.41) is 4.48. The molecule has 0 spiro atoms. The van der Waals surface area contributed by atoms with E-state index >= 15 is 0 Å². The Hall–Kier alpha value is -1.12. The smallest absolute Gasteiger partial charge is 0.144 e. The molecular weight excluding hydrogens is 212 g/mol. The van der Waals surface area contributed by atoms with Gasteiger partial charge in [-0.25, -0.2) is 0 Å². The summed E-state index contributed by atoms with van der Waals surface area (Å²) < 4.78 is 1.82. The Morgan fingerprint density at radius 1 is 1.24 bits per heavy atom. The van der Waals surface area contributed by atoms with Crippen LogP contribution in [0, 0.1) is 5.41 Å². The summed E-state index contributed by atoms with van der Waals surface area (Å²) in [7, 11) is 1.90. The van der Waals surface area contributed by atoms with E-state index in [0.29, 0.717) is 6.42 Å². The average Bonchev–Trinajstić information content (AvgIpc) is 2.45. The SMILES string of the molecule is Cn1nc(C(C)(C)C)cc1CC(=O)C(C)(C)C. The lowest BCUT2D eigenvalue weighted by molar-refractivity contribution is -0.125. The van der Waals surface area contributed by atoms with Gasteiger partial charge in [0, 0.05) is 30.0 Å². The van der Waals surface area contributed by atoms with E-state index in [9.17, 15) is 4.79 Å². The monoisotopic (exact) mass is 236 g/mol. The van der Waals surface area contributed by atoms with Crippen molar-refractivity contribution in [1.82, 2.24) is 9.78 Å². The summed E-state index contributed by atoms with van der Waals surface area (Å²) in [5.41, 5.74) is 1.78. The van der Waals surface area contributed by atoms with E-state index in [4.69, 9.17) is 0 Å². The fourth-order valence-electron chi connectivity index (χ4n) is 1.47. The van der Waals surface area contributed by atoms with Crippen LogP contribution in [0.3, 0.4) is 0 Å². The van der Waals surface area contributed by atoms with Gasteiger partial charge in [0.1, 0.15) is 5.78 Å². The lowest BCUT2D eigenvalue weighted by Gasteiger charge is -2.16. The molecule has 0 unspecified atom stereocenters. The van der Waals surface area contributed by atoms with Gasteiger partial charge in [0.2, 0.25) is 0 Å². The van der Waals surface area contributed by atoms with Crippen molar-refractivity contribution in [3.8, 4) is 0 Å². The molecule has 0 aliphatic heterocycles. The second kappa shape index (κ2) is 4.28. The number of aryl methyl sites for hydroxylation is 1. The first-order valence-corrected chi connectivity index (χ1v) is 6.08. The van der Waals surface area contributed by atoms with Crippen molar-refractivity contribution in [1.29, 1.82) is 0 Å². The minimum absolute atomic E-state index is 0.0286. The van der Waals surface area contributed by atoms with Crippen molar-refractivity contribution in [2.75, 3.05) is 0 Å². The minimum atomic E-state index is -0.286. The zero-order valence-electron chi connectivity index (χ0n) is 12.1. The Balaban J connectivity index is 2.94. The zero-order valence-corrected chi connectivity index (χ0v) is 12.1. The van der Waals surface area contributed by atoms with Crippen LogP contribution >= 0.6 is 0 Å². The van der Waals surface area contributed by atoms with Crippen molar-refractivity contribution in [3.05, 3.63) is 17.5 Å². The number of carbonyl (C=O) groups is 1. The summed E-state index contributed by atoms with van der Waals surface area (Å²) >= 11 is 0. The van der Waals surface area contributed by atoms with Crippen molar-refractivity contribution < 1.29 is 4.79 Å². The van der Waals surface area contributed by atoms with Gasteiger partial charge < -0.3 is 0 Å². The third kappa shape index (κ3) is 3.42. The molecule has 0 radical (unpaired) electrons. The summed E-state index contributed by atoms with van der Waals surface area (Å²) in [4.78, 5) is 12.0. The third-order valence-corrected chi connectivity index (χ3v) is 2.92. The molecule has 1 heterocycles. The van der Waals surface area contributed by atoms with Gasteiger partial charge in [-0.3, -0.25) is 9.48 Å². The Morgan fingerprint density at radius 2 is 1.76 bits per heavy atom. The van der Waals surface area contributed by atoms with Gasteiger partial charge in [-0.1, -0.05) is 41.5 Å². The Bertz CT molecular complexity index is 416. The molecule has 3 nitrogen and oxygen atoms in total. The van der Waals surface area contributed by atoms with E-state index in [1.807, 2.05) is 38.6 Å². The van der Waals surface area contributed by atoms with Gasteiger partial charge in [-0.05, 0) is 6.07 Å². The number of hydrogen-bond donors (Lipinski definition) is 0. The molecule has 1 aromatic rings. The Kier molecular flexibility index (Phi) is 3.51. The molecule has 96 valence electrons. The number of rotatable bonds is 2. The molecule has 17 heavy (non-hydrogen) atoms. The normalized spacial score (nSPS) is 12.9. The highest BCUT2D eigenvalue weighted by Crippen LogP contribution is 2.23. The standard InChI is InChI=1S/C14H24N2O/c1-13(2,3)11-8-10(16(7)15-11)9-12(17)14(4,5)6/h8H,9H2,1-7H3. The summed E-state index contributed by atoms with van der Waals surface area (Å²) in [6, 6.07) is 2.05. The van der Waals surface area contributed by atoms with Gasteiger partial charge in [-0.2, -0.15) is 5.10 Å². The predicted molar refractivity (Wildman–Crippen MR) is 70.1 cm³/mol. The van der Waals surface area contributed by atoms with Crippen LogP contribution < -0.4 is 0 Å².